The van der Waals surface area contributed by atoms with E-state index in [1.54, 1.807) is 13.0 Å². The molecular weight excluding hydrogens is 351 g/mol. The van der Waals surface area contributed by atoms with E-state index in [0.717, 1.165) is 6.07 Å². The third kappa shape index (κ3) is 3.92. The Bertz CT molecular complexity index is 795. The summed E-state index contributed by atoms with van der Waals surface area (Å²) in [5.74, 6) is 0.448. The molecule has 10 heteroatoms. The highest BCUT2D eigenvalue weighted by Gasteiger charge is 2.33. The fourth-order valence-corrected chi connectivity index (χ4v) is 2.38. The molecule has 1 atom stereocenters. The van der Waals surface area contributed by atoms with Crippen LogP contribution in [0.25, 0.3) is 0 Å². The number of aryl methyl sites for hydroxylation is 1. The number of alkyl halides is 3. The van der Waals surface area contributed by atoms with Crippen molar-refractivity contribution < 1.29 is 23.0 Å². The summed E-state index contributed by atoms with van der Waals surface area (Å²) in [6.45, 7) is 1.22. The average Bonchev–Trinajstić information content (AvgIpc) is 3.09. The number of rotatable bonds is 5. The van der Waals surface area contributed by atoms with E-state index >= 15 is 0 Å². The van der Waals surface area contributed by atoms with Crippen molar-refractivity contribution in [2.45, 2.75) is 25.7 Å². The van der Waals surface area contributed by atoms with Gasteiger partial charge in [0.2, 0.25) is 0 Å². The summed E-state index contributed by atoms with van der Waals surface area (Å²) < 4.78 is 44.8. The van der Waals surface area contributed by atoms with E-state index in [2.05, 4.69) is 20.5 Å². The van der Waals surface area contributed by atoms with Gasteiger partial charge in [0.05, 0.1) is 30.6 Å². The number of nitrogens with zero attached hydrogens (tertiary/aromatic N) is 4. The Labute approximate surface area is 147 Å². The number of anilines is 1. The van der Waals surface area contributed by atoms with Crippen LogP contribution in [0, 0.1) is 6.92 Å². The van der Waals surface area contributed by atoms with Gasteiger partial charge in [-0.3, -0.25) is 0 Å². The third-order valence-electron chi connectivity index (χ3n) is 3.75. The van der Waals surface area contributed by atoms with Crippen LogP contribution in [-0.4, -0.2) is 33.9 Å². The minimum absolute atomic E-state index is 0.0701. The largest absolute Gasteiger partial charge is 0.486 e. The first-order valence-electron chi connectivity index (χ1n) is 7.70. The maximum Gasteiger partial charge on any atom is 0.416 e. The zero-order valence-corrected chi connectivity index (χ0v) is 13.7. The molecule has 3 rings (SSSR count). The highest BCUT2D eigenvalue weighted by atomic mass is 19.4. The van der Waals surface area contributed by atoms with Crippen LogP contribution < -0.4 is 15.3 Å². The van der Waals surface area contributed by atoms with E-state index in [1.807, 2.05) is 0 Å². The Hall–Kier alpha value is -2.72. The van der Waals surface area contributed by atoms with Gasteiger partial charge in [0.15, 0.2) is 5.75 Å². The normalized spacial score (nSPS) is 17.0. The van der Waals surface area contributed by atoms with Gasteiger partial charge >= 0.3 is 6.18 Å². The van der Waals surface area contributed by atoms with Crippen LogP contribution >= 0.6 is 0 Å². The molecule has 26 heavy (non-hydrogen) atoms. The fraction of sp³-hybridized carbons (Fsp3) is 0.312. The summed E-state index contributed by atoms with van der Waals surface area (Å²) in [5, 5.41) is 14.3. The second-order valence-corrected chi connectivity index (χ2v) is 5.60. The molecule has 0 bridgehead atoms. The molecule has 7 nitrogen and oxygen atoms in total. The van der Waals surface area contributed by atoms with Crippen molar-refractivity contribution in [3.8, 4) is 5.75 Å². The van der Waals surface area contributed by atoms with Gasteiger partial charge in [-0.15, -0.1) is 0 Å². The number of hydrazine groups is 1. The SMILES string of the molecule is Cc1cccc(C(F)(F)F)c1COc1cnc(N2N=CC(CO)N2)nc1. The first kappa shape index (κ1) is 18.1. The summed E-state index contributed by atoms with van der Waals surface area (Å²) in [4.78, 5) is 8.09. The topological polar surface area (TPSA) is 82.9 Å². The van der Waals surface area contributed by atoms with Gasteiger partial charge in [0, 0.05) is 11.8 Å². The van der Waals surface area contributed by atoms with Crippen molar-refractivity contribution >= 4 is 12.2 Å². The zero-order chi connectivity index (χ0) is 18.7. The van der Waals surface area contributed by atoms with Gasteiger partial charge in [-0.25, -0.2) is 9.97 Å². The Morgan fingerprint density at radius 1 is 1.27 bits per heavy atom. The standard InChI is InChI=1S/C16H16F3N5O2/c1-10-3-2-4-14(16(17,18)19)13(10)9-26-12-6-20-15(21-7-12)24-22-5-11(8-25)23-24/h2-7,11,23,25H,8-9H2,1H3. The smallest absolute Gasteiger partial charge is 0.416 e. The summed E-state index contributed by atoms with van der Waals surface area (Å²) in [7, 11) is 0. The molecule has 2 heterocycles. The van der Waals surface area contributed by atoms with E-state index in [4.69, 9.17) is 9.84 Å². The minimum Gasteiger partial charge on any atom is -0.486 e. The van der Waals surface area contributed by atoms with Crippen LogP contribution in [0.2, 0.25) is 0 Å². The molecule has 1 unspecified atom stereocenters. The number of aliphatic hydroxyl groups is 1. The molecule has 0 saturated carbocycles. The number of benzene rings is 1. The number of aromatic nitrogens is 2. The minimum atomic E-state index is -4.45. The Morgan fingerprint density at radius 2 is 2.00 bits per heavy atom. The van der Waals surface area contributed by atoms with Crippen LogP contribution in [0.5, 0.6) is 5.75 Å². The van der Waals surface area contributed by atoms with Gasteiger partial charge in [-0.1, -0.05) is 12.1 Å². The Morgan fingerprint density at radius 3 is 2.62 bits per heavy atom. The molecule has 0 amide bonds. The van der Waals surface area contributed by atoms with E-state index < -0.39 is 11.7 Å². The molecule has 1 aliphatic rings. The first-order valence-corrected chi connectivity index (χ1v) is 7.70. The fourth-order valence-electron chi connectivity index (χ4n) is 2.38. The van der Waals surface area contributed by atoms with E-state index in [-0.39, 0.29) is 36.5 Å². The lowest BCUT2D eigenvalue weighted by molar-refractivity contribution is -0.138. The lowest BCUT2D eigenvalue weighted by atomic mass is 10.0. The molecule has 0 aliphatic carbocycles. The highest BCUT2D eigenvalue weighted by Crippen LogP contribution is 2.33. The molecular formula is C16H16F3N5O2. The van der Waals surface area contributed by atoms with Gasteiger partial charge in [0.25, 0.3) is 5.95 Å². The maximum absolute atomic E-state index is 13.1. The van der Waals surface area contributed by atoms with E-state index in [0.29, 0.717) is 5.56 Å². The number of hydrogen-bond donors (Lipinski definition) is 2. The molecule has 2 N–H and O–H groups in total. The molecule has 138 valence electrons. The van der Waals surface area contributed by atoms with Gasteiger partial charge < -0.3 is 9.84 Å². The summed E-state index contributed by atoms with van der Waals surface area (Å²) in [6.07, 6.45) is -0.257. The molecule has 0 saturated heterocycles. The molecule has 0 radical (unpaired) electrons. The molecule has 1 aromatic heterocycles. The van der Waals surface area contributed by atoms with Crippen LogP contribution in [-0.2, 0) is 12.8 Å². The van der Waals surface area contributed by atoms with Crippen molar-refractivity contribution in [2.75, 3.05) is 11.7 Å². The van der Waals surface area contributed by atoms with Gasteiger partial charge in [0.1, 0.15) is 6.61 Å². The number of hydrogen-bond acceptors (Lipinski definition) is 7. The van der Waals surface area contributed by atoms with Crippen molar-refractivity contribution in [3.05, 3.63) is 47.3 Å². The maximum atomic E-state index is 13.1. The summed E-state index contributed by atoms with van der Waals surface area (Å²) in [5.41, 5.74) is 2.67. The summed E-state index contributed by atoms with van der Waals surface area (Å²) >= 11 is 0. The lowest BCUT2D eigenvalue weighted by Crippen LogP contribution is -2.38. The second kappa shape index (κ2) is 7.26. The Balaban J connectivity index is 1.69. The van der Waals surface area contributed by atoms with E-state index in [1.165, 1.54) is 29.8 Å². The zero-order valence-electron chi connectivity index (χ0n) is 13.7. The molecule has 0 fully saturated rings. The van der Waals surface area contributed by atoms with Crippen molar-refractivity contribution in [3.63, 3.8) is 0 Å². The number of ether oxygens (including phenoxy) is 1. The Kier molecular flexibility index (Phi) is 5.05. The first-order chi connectivity index (χ1) is 12.4. The number of nitrogens with one attached hydrogen (secondary N) is 1. The predicted molar refractivity (Wildman–Crippen MR) is 87.5 cm³/mol. The third-order valence-corrected chi connectivity index (χ3v) is 3.75. The van der Waals surface area contributed by atoms with Crippen molar-refractivity contribution in [2.24, 2.45) is 5.10 Å². The average molecular weight is 367 g/mol. The van der Waals surface area contributed by atoms with Crippen molar-refractivity contribution in [1.82, 2.24) is 15.4 Å². The highest BCUT2D eigenvalue weighted by molar-refractivity contribution is 5.68. The van der Waals surface area contributed by atoms with E-state index in [9.17, 15) is 13.2 Å². The number of halogens is 3. The van der Waals surface area contributed by atoms with Crippen LogP contribution in [0.4, 0.5) is 19.1 Å². The number of hydrazone groups is 1. The van der Waals surface area contributed by atoms with Crippen LogP contribution in [0.1, 0.15) is 16.7 Å². The molecule has 1 aliphatic heterocycles. The van der Waals surface area contributed by atoms with Gasteiger partial charge in [-0.05, 0) is 18.6 Å². The molecule has 0 spiro atoms. The summed E-state index contributed by atoms with van der Waals surface area (Å²) in [6, 6.07) is 3.67. The molecule has 1 aromatic carbocycles. The second-order valence-electron chi connectivity index (χ2n) is 5.60. The monoisotopic (exact) mass is 367 g/mol. The predicted octanol–water partition coefficient (Wildman–Crippen LogP) is 2.05. The van der Waals surface area contributed by atoms with Crippen LogP contribution in [0.3, 0.4) is 0 Å². The lowest BCUT2D eigenvalue weighted by Gasteiger charge is -2.16. The van der Waals surface area contributed by atoms with Crippen LogP contribution in [0.15, 0.2) is 35.7 Å². The number of aliphatic hydroxyl groups excluding tert-OH is 1. The quantitative estimate of drug-likeness (QED) is 0.842. The van der Waals surface area contributed by atoms with Gasteiger partial charge in [-0.2, -0.15) is 28.8 Å². The molecule has 2 aromatic rings. The van der Waals surface area contributed by atoms with Crippen molar-refractivity contribution in [1.29, 1.82) is 0 Å².